The van der Waals surface area contributed by atoms with Crippen molar-refractivity contribution in [3.8, 4) is 17.4 Å². The number of hydrogen-bond acceptors (Lipinski definition) is 6. The second-order valence-corrected chi connectivity index (χ2v) is 8.06. The third-order valence-corrected chi connectivity index (χ3v) is 5.41. The monoisotopic (exact) mass is 439 g/mol. The summed E-state index contributed by atoms with van der Waals surface area (Å²) in [6.07, 6.45) is 1.78. The summed E-state index contributed by atoms with van der Waals surface area (Å²) < 4.78 is 11.5. The fraction of sp³-hybridized carbons (Fsp3) is 0.348. The fourth-order valence-corrected chi connectivity index (χ4v) is 3.78. The summed E-state index contributed by atoms with van der Waals surface area (Å²) in [5.41, 5.74) is 2.06. The first-order chi connectivity index (χ1) is 15.1. The summed E-state index contributed by atoms with van der Waals surface area (Å²) in [5, 5.41) is 7.73. The van der Waals surface area contributed by atoms with Crippen molar-refractivity contribution >= 4 is 17.3 Å². The van der Waals surface area contributed by atoms with E-state index in [-0.39, 0.29) is 0 Å². The average molecular weight is 440 g/mol. The maximum absolute atomic E-state index is 5.88. The van der Waals surface area contributed by atoms with E-state index in [0.29, 0.717) is 37.1 Å². The molecule has 0 atom stereocenters. The van der Waals surface area contributed by atoms with E-state index in [0.717, 1.165) is 28.8 Å². The molecule has 0 fully saturated rings. The second-order valence-electron chi connectivity index (χ2n) is 6.78. The number of aryl methyl sites for hydroxylation is 2. The molecule has 0 aliphatic carbocycles. The SMILES string of the molecule is CCNC(=NCc1ccc(Oc2ccccc2OCC)nc1)NCc1sc(C)nc1C. The van der Waals surface area contributed by atoms with Crippen LogP contribution in [0.2, 0.25) is 0 Å². The zero-order valence-electron chi connectivity index (χ0n) is 18.4. The van der Waals surface area contributed by atoms with Crippen LogP contribution >= 0.6 is 11.3 Å². The van der Waals surface area contributed by atoms with E-state index in [9.17, 15) is 0 Å². The third-order valence-electron chi connectivity index (χ3n) is 4.34. The number of pyridine rings is 1. The van der Waals surface area contributed by atoms with Gasteiger partial charge in [-0.1, -0.05) is 18.2 Å². The van der Waals surface area contributed by atoms with Gasteiger partial charge in [0.2, 0.25) is 5.88 Å². The van der Waals surface area contributed by atoms with Gasteiger partial charge in [-0.2, -0.15) is 0 Å². The Kier molecular flexibility index (Phi) is 8.23. The largest absolute Gasteiger partial charge is 0.490 e. The number of aromatic nitrogens is 2. The minimum absolute atomic E-state index is 0.513. The molecule has 0 unspecified atom stereocenters. The van der Waals surface area contributed by atoms with Crippen LogP contribution in [0, 0.1) is 13.8 Å². The molecule has 0 saturated heterocycles. The fourth-order valence-electron chi connectivity index (χ4n) is 2.90. The predicted octanol–water partition coefficient (Wildman–Crippen LogP) is 4.60. The molecule has 0 bridgehead atoms. The van der Waals surface area contributed by atoms with Gasteiger partial charge >= 0.3 is 0 Å². The Balaban J connectivity index is 1.60. The molecule has 3 rings (SSSR count). The van der Waals surface area contributed by atoms with E-state index in [1.54, 1.807) is 17.5 Å². The molecule has 3 aromatic rings. The lowest BCUT2D eigenvalue weighted by Crippen LogP contribution is -2.36. The molecule has 0 aliphatic heterocycles. The van der Waals surface area contributed by atoms with Crippen LogP contribution in [0.25, 0.3) is 0 Å². The summed E-state index contributed by atoms with van der Waals surface area (Å²) in [6, 6.07) is 11.4. The number of rotatable bonds is 9. The number of guanidine groups is 1. The summed E-state index contributed by atoms with van der Waals surface area (Å²) in [7, 11) is 0. The van der Waals surface area contributed by atoms with Crippen LogP contribution in [0.3, 0.4) is 0 Å². The van der Waals surface area contributed by atoms with E-state index < -0.39 is 0 Å². The van der Waals surface area contributed by atoms with Crippen molar-refractivity contribution in [2.75, 3.05) is 13.2 Å². The van der Waals surface area contributed by atoms with E-state index in [4.69, 9.17) is 9.47 Å². The van der Waals surface area contributed by atoms with Gasteiger partial charge in [-0.25, -0.2) is 15.0 Å². The molecule has 2 N–H and O–H groups in total. The van der Waals surface area contributed by atoms with Gasteiger partial charge in [0, 0.05) is 23.7 Å². The van der Waals surface area contributed by atoms with E-state index in [1.807, 2.05) is 64.1 Å². The van der Waals surface area contributed by atoms with Crippen molar-refractivity contribution in [1.82, 2.24) is 20.6 Å². The van der Waals surface area contributed by atoms with Gasteiger partial charge in [0.1, 0.15) is 0 Å². The van der Waals surface area contributed by atoms with Gasteiger partial charge in [-0.3, -0.25) is 0 Å². The summed E-state index contributed by atoms with van der Waals surface area (Å²) in [5.74, 6) is 2.63. The zero-order chi connectivity index (χ0) is 22.1. The Labute approximate surface area is 187 Å². The Hall–Kier alpha value is -3.13. The normalized spacial score (nSPS) is 11.3. The molecule has 8 heteroatoms. The van der Waals surface area contributed by atoms with Gasteiger partial charge < -0.3 is 20.1 Å². The van der Waals surface area contributed by atoms with Crippen molar-refractivity contribution in [2.45, 2.75) is 40.8 Å². The molecule has 164 valence electrons. The lowest BCUT2D eigenvalue weighted by atomic mass is 10.3. The second kappa shape index (κ2) is 11.3. The topological polar surface area (TPSA) is 80.7 Å². The summed E-state index contributed by atoms with van der Waals surface area (Å²) in [6.45, 7) is 10.6. The Morgan fingerprint density at radius 1 is 1.06 bits per heavy atom. The quantitative estimate of drug-likeness (QED) is 0.375. The molecule has 2 aromatic heterocycles. The molecule has 31 heavy (non-hydrogen) atoms. The Morgan fingerprint density at radius 3 is 2.52 bits per heavy atom. The highest BCUT2D eigenvalue weighted by atomic mass is 32.1. The molecule has 0 spiro atoms. The van der Waals surface area contributed by atoms with Crippen LogP contribution in [-0.4, -0.2) is 29.1 Å². The highest BCUT2D eigenvalue weighted by Crippen LogP contribution is 2.30. The van der Waals surface area contributed by atoms with Crippen molar-refractivity contribution < 1.29 is 9.47 Å². The third kappa shape index (κ3) is 6.68. The minimum Gasteiger partial charge on any atom is -0.490 e. The molecule has 2 heterocycles. The number of hydrogen-bond donors (Lipinski definition) is 2. The van der Waals surface area contributed by atoms with Crippen molar-refractivity contribution in [1.29, 1.82) is 0 Å². The molecule has 0 aliphatic rings. The van der Waals surface area contributed by atoms with Crippen LogP contribution in [0.15, 0.2) is 47.6 Å². The smallest absolute Gasteiger partial charge is 0.219 e. The van der Waals surface area contributed by atoms with Crippen LogP contribution < -0.4 is 20.1 Å². The van der Waals surface area contributed by atoms with Gasteiger partial charge in [0.25, 0.3) is 0 Å². The Bertz CT molecular complexity index is 1000. The van der Waals surface area contributed by atoms with Crippen molar-refractivity contribution in [3.63, 3.8) is 0 Å². The van der Waals surface area contributed by atoms with Crippen LogP contribution in [0.1, 0.15) is 35.0 Å². The van der Waals surface area contributed by atoms with Crippen LogP contribution in [-0.2, 0) is 13.1 Å². The first-order valence-corrected chi connectivity index (χ1v) is 11.2. The number of thiazole rings is 1. The molecular formula is C23H29N5O2S. The number of nitrogens with zero attached hydrogens (tertiary/aromatic N) is 3. The Morgan fingerprint density at radius 2 is 1.87 bits per heavy atom. The number of ether oxygens (including phenoxy) is 2. The molecule has 1 aromatic carbocycles. The first kappa shape index (κ1) is 22.6. The maximum Gasteiger partial charge on any atom is 0.219 e. The van der Waals surface area contributed by atoms with Gasteiger partial charge in [0.05, 0.1) is 30.4 Å². The number of benzene rings is 1. The molecule has 0 amide bonds. The first-order valence-electron chi connectivity index (χ1n) is 10.4. The highest BCUT2D eigenvalue weighted by molar-refractivity contribution is 7.11. The molecule has 7 nitrogen and oxygen atoms in total. The average Bonchev–Trinajstić information content (AvgIpc) is 3.09. The van der Waals surface area contributed by atoms with E-state index >= 15 is 0 Å². The van der Waals surface area contributed by atoms with Crippen LogP contribution in [0.4, 0.5) is 0 Å². The highest BCUT2D eigenvalue weighted by Gasteiger charge is 2.07. The van der Waals surface area contributed by atoms with Gasteiger partial charge in [-0.05, 0) is 45.4 Å². The molecule has 0 saturated carbocycles. The van der Waals surface area contributed by atoms with E-state index in [2.05, 4.69) is 25.6 Å². The zero-order valence-corrected chi connectivity index (χ0v) is 19.3. The number of para-hydroxylation sites is 2. The van der Waals surface area contributed by atoms with Gasteiger partial charge in [0.15, 0.2) is 17.5 Å². The van der Waals surface area contributed by atoms with E-state index in [1.165, 1.54) is 4.88 Å². The summed E-state index contributed by atoms with van der Waals surface area (Å²) >= 11 is 1.71. The summed E-state index contributed by atoms with van der Waals surface area (Å²) in [4.78, 5) is 14.8. The van der Waals surface area contributed by atoms with Crippen LogP contribution in [0.5, 0.6) is 17.4 Å². The minimum atomic E-state index is 0.513. The van der Waals surface area contributed by atoms with Crippen molar-refractivity contribution in [2.24, 2.45) is 4.99 Å². The van der Waals surface area contributed by atoms with Gasteiger partial charge in [-0.15, -0.1) is 11.3 Å². The lowest BCUT2D eigenvalue weighted by Gasteiger charge is -2.11. The standard InChI is InChI=1S/C23H29N5O2S/c1-5-24-23(27-15-21-16(3)28-17(4)31-21)26-14-18-11-12-22(25-13-18)30-20-10-8-7-9-19(20)29-6-2/h7-13H,5-6,14-15H2,1-4H3,(H2,24,26,27). The number of nitrogens with one attached hydrogen (secondary N) is 2. The molecular weight excluding hydrogens is 410 g/mol. The maximum atomic E-state index is 5.88. The number of aliphatic imine (C=N–C) groups is 1. The molecule has 0 radical (unpaired) electrons. The predicted molar refractivity (Wildman–Crippen MR) is 125 cm³/mol. The lowest BCUT2D eigenvalue weighted by molar-refractivity contribution is 0.319. The van der Waals surface area contributed by atoms with Crippen molar-refractivity contribution in [3.05, 3.63) is 63.7 Å².